The largest absolute Gasteiger partial charge is 0.302 e. The molecule has 0 saturated carbocycles. The van der Waals surface area contributed by atoms with Crippen molar-refractivity contribution in [2.45, 2.75) is 49.4 Å². The number of nitro groups is 1. The highest BCUT2D eigenvalue weighted by Gasteiger charge is 2.23. The molecule has 0 aliphatic rings. The van der Waals surface area contributed by atoms with E-state index in [2.05, 4.69) is 30.5 Å². The third-order valence-electron chi connectivity index (χ3n) is 3.68. The lowest BCUT2D eigenvalue weighted by molar-refractivity contribution is -0.388. The van der Waals surface area contributed by atoms with Crippen LogP contribution in [-0.4, -0.2) is 32.2 Å². The molecule has 29 heavy (non-hydrogen) atoms. The molecule has 156 valence electrons. The topological polar surface area (TPSA) is 85.1 Å². The predicted molar refractivity (Wildman–Crippen MR) is 123 cm³/mol. The number of aromatic nitrogens is 1. The molecular weight excluding hydrogens is 426 g/mol. The second-order valence-electron chi connectivity index (χ2n) is 7.29. The van der Waals surface area contributed by atoms with Gasteiger partial charge in [0.1, 0.15) is 0 Å². The Kier molecular flexibility index (Phi) is 9.48. The van der Waals surface area contributed by atoms with Crippen LogP contribution < -0.4 is 4.72 Å². The Morgan fingerprint density at radius 2 is 1.93 bits per heavy atom. The molecule has 2 aromatic rings. The third kappa shape index (κ3) is 8.77. The standard InChI is InChI=1S/C20H25N3O3S3/c1-20(2,3)29-27-14-16(18(24)12-11-15-8-5-4-6-9-15)22-28-19-17(23(25)26)10-7-13-21-19/h4-10,13,16,22H,11-12,14H2,1-3H3/t16-/m0/s1. The maximum atomic E-state index is 12.9. The summed E-state index contributed by atoms with van der Waals surface area (Å²) in [6.07, 6.45) is 2.59. The lowest BCUT2D eigenvalue weighted by Gasteiger charge is -2.20. The van der Waals surface area contributed by atoms with Crippen LogP contribution in [0.1, 0.15) is 32.8 Å². The molecule has 1 aromatic heterocycles. The summed E-state index contributed by atoms with van der Waals surface area (Å²) in [6, 6.07) is 12.4. The van der Waals surface area contributed by atoms with Gasteiger partial charge in [-0.25, -0.2) is 9.71 Å². The molecule has 2 rings (SSSR count). The Labute approximate surface area is 183 Å². The van der Waals surface area contributed by atoms with E-state index in [1.54, 1.807) is 21.6 Å². The fourth-order valence-electron chi connectivity index (χ4n) is 2.28. The summed E-state index contributed by atoms with van der Waals surface area (Å²) in [4.78, 5) is 27.7. The van der Waals surface area contributed by atoms with Crippen molar-refractivity contribution in [1.29, 1.82) is 0 Å². The molecule has 9 heteroatoms. The van der Waals surface area contributed by atoms with Crippen molar-refractivity contribution in [3.05, 3.63) is 64.3 Å². The van der Waals surface area contributed by atoms with Crippen LogP contribution >= 0.6 is 33.5 Å². The second kappa shape index (κ2) is 11.6. The third-order valence-corrected chi connectivity index (χ3v) is 7.94. The number of Topliss-reactive ketones (excluding diaryl/α,β-unsaturated/α-hetero) is 1. The molecule has 0 amide bonds. The van der Waals surface area contributed by atoms with E-state index in [1.165, 1.54) is 18.3 Å². The van der Waals surface area contributed by atoms with Crippen molar-refractivity contribution in [2.24, 2.45) is 0 Å². The van der Waals surface area contributed by atoms with Crippen LogP contribution in [0.3, 0.4) is 0 Å². The van der Waals surface area contributed by atoms with Gasteiger partial charge in [0.25, 0.3) is 0 Å². The van der Waals surface area contributed by atoms with E-state index in [-0.39, 0.29) is 21.2 Å². The van der Waals surface area contributed by atoms with Gasteiger partial charge >= 0.3 is 5.69 Å². The van der Waals surface area contributed by atoms with Crippen LogP contribution in [0.4, 0.5) is 5.69 Å². The normalized spacial score (nSPS) is 12.5. The van der Waals surface area contributed by atoms with Crippen molar-refractivity contribution < 1.29 is 9.72 Å². The highest BCUT2D eigenvalue weighted by Crippen LogP contribution is 2.36. The van der Waals surface area contributed by atoms with Gasteiger partial charge < -0.3 is 0 Å². The number of carbonyl (C=O) groups is 1. The van der Waals surface area contributed by atoms with Gasteiger partial charge in [-0.1, -0.05) is 72.7 Å². The van der Waals surface area contributed by atoms with Crippen LogP contribution in [0.25, 0.3) is 0 Å². The van der Waals surface area contributed by atoms with Crippen molar-refractivity contribution in [1.82, 2.24) is 9.71 Å². The first-order valence-corrected chi connectivity index (χ1v) is 12.3. The highest BCUT2D eigenvalue weighted by molar-refractivity contribution is 8.77. The molecule has 1 aromatic carbocycles. The van der Waals surface area contributed by atoms with Gasteiger partial charge in [-0.3, -0.25) is 14.9 Å². The quantitative estimate of drug-likeness (QED) is 0.212. The summed E-state index contributed by atoms with van der Waals surface area (Å²) in [7, 11) is 3.34. The number of rotatable bonds is 11. The predicted octanol–water partition coefficient (Wildman–Crippen LogP) is 5.34. The van der Waals surface area contributed by atoms with E-state index in [1.807, 2.05) is 30.3 Å². The number of hydrogen-bond acceptors (Lipinski definition) is 8. The van der Waals surface area contributed by atoms with Gasteiger partial charge in [0.15, 0.2) is 10.8 Å². The summed E-state index contributed by atoms with van der Waals surface area (Å²) in [5, 5.41) is 11.4. The number of carbonyl (C=O) groups excluding carboxylic acids is 1. The number of nitrogens with one attached hydrogen (secondary N) is 1. The van der Waals surface area contributed by atoms with E-state index >= 15 is 0 Å². The van der Waals surface area contributed by atoms with Crippen molar-refractivity contribution in [2.75, 3.05) is 5.75 Å². The summed E-state index contributed by atoms with van der Waals surface area (Å²) >= 11 is 1.05. The van der Waals surface area contributed by atoms with Gasteiger partial charge in [0, 0.05) is 29.2 Å². The Morgan fingerprint density at radius 3 is 2.59 bits per heavy atom. The zero-order valence-electron chi connectivity index (χ0n) is 16.7. The minimum absolute atomic E-state index is 0.0720. The minimum atomic E-state index is -0.465. The first kappa shape index (κ1) is 23.7. The zero-order valence-corrected chi connectivity index (χ0v) is 19.1. The first-order chi connectivity index (χ1) is 13.8. The molecule has 0 bridgehead atoms. The Balaban J connectivity index is 2.01. The Morgan fingerprint density at radius 1 is 1.21 bits per heavy atom. The van der Waals surface area contributed by atoms with Crippen molar-refractivity contribution in [3.8, 4) is 0 Å². The monoisotopic (exact) mass is 451 g/mol. The van der Waals surface area contributed by atoms with Gasteiger partial charge in [-0.05, 0) is 30.0 Å². The summed E-state index contributed by atoms with van der Waals surface area (Å²) < 4.78 is 3.20. The SMILES string of the molecule is CC(C)(C)SSC[C@H](NSc1ncccc1[N+](=O)[O-])C(=O)CCc1ccccc1. The average Bonchev–Trinajstić information content (AvgIpc) is 2.68. The van der Waals surface area contributed by atoms with E-state index < -0.39 is 11.0 Å². The fraction of sp³-hybridized carbons (Fsp3) is 0.400. The molecule has 0 saturated heterocycles. The molecule has 1 atom stereocenters. The summed E-state index contributed by atoms with van der Waals surface area (Å²) in [6.45, 7) is 6.36. The number of benzene rings is 1. The number of hydrogen-bond donors (Lipinski definition) is 1. The molecule has 0 spiro atoms. The van der Waals surface area contributed by atoms with Crippen molar-refractivity contribution >= 4 is 45.0 Å². The molecule has 6 nitrogen and oxygen atoms in total. The maximum absolute atomic E-state index is 12.9. The van der Waals surface area contributed by atoms with Crippen LogP contribution in [0, 0.1) is 10.1 Å². The molecule has 1 N–H and O–H groups in total. The first-order valence-electron chi connectivity index (χ1n) is 9.15. The number of pyridine rings is 1. The number of nitrogens with zero attached hydrogens (tertiary/aromatic N) is 2. The van der Waals surface area contributed by atoms with Gasteiger partial charge in [-0.2, -0.15) is 0 Å². The maximum Gasteiger partial charge on any atom is 0.302 e. The Bertz CT molecular complexity index is 813. The van der Waals surface area contributed by atoms with Crippen LogP contribution in [0.5, 0.6) is 0 Å². The van der Waals surface area contributed by atoms with Crippen molar-refractivity contribution in [3.63, 3.8) is 0 Å². The summed E-state index contributed by atoms with van der Waals surface area (Å²) in [5.41, 5.74) is 1.04. The molecule has 0 radical (unpaired) electrons. The van der Waals surface area contributed by atoms with E-state index in [4.69, 9.17) is 0 Å². The molecule has 0 fully saturated rings. The fourth-order valence-corrected chi connectivity index (χ4v) is 5.72. The molecule has 0 aliphatic carbocycles. The molecular formula is C20H25N3O3S3. The van der Waals surface area contributed by atoms with Gasteiger partial charge in [0.2, 0.25) is 0 Å². The van der Waals surface area contributed by atoms with E-state index in [9.17, 15) is 14.9 Å². The molecule has 1 heterocycles. The van der Waals surface area contributed by atoms with Crippen LogP contribution in [0.15, 0.2) is 53.7 Å². The average molecular weight is 452 g/mol. The lowest BCUT2D eigenvalue weighted by atomic mass is 10.0. The van der Waals surface area contributed by atoms with Gasteiger partial charge in [-0.15, -0.1) is 0 Å². The number of aryl methyl sites for hydroxylation is 1. The smallest absolute Gasteiger partial charge is 0.298 e. The minimum Gasteiger partial charge on any atom is -0.298 e. The van der Waals surface area contributed by atoms with Gasteiger partial charge in [0.05, 0.1) is 11.0 Å². The summed E-state index contributed by atoms with van der Waals surface area (Å²) in [5.74, 6) is 0.658. The molecule has 0 unspecified atom stereocenters. The van der Waals surface area contributed by atoms with E-state index in [0.29, 0.717) is 18.6 Å². The lowest BCUT2D eigenvalue weighted by Crippen LogP contribution is -2.35. The molecule has 0 aliphatic heterocycles. The highest BCUT2D eigenvalue weighted by atomic mass is 33.1. The van der Waals surface area contributed by atoms with E-state index in [0.717, 1.165) is 17.5 Å². The Hall–Kier alpha value is -1.55. The van der Waals surface area contributed by atoms with Crippen LogP contribution in [0.2, 0.25) is 0 Å². The van der Waals surface area contributed by atoms with Crippen LogP contribution in [-0.2, 0) is 11.2 Å². The second-order valence-corrected chi connectivity index (χ2v) is 11.3. The zero-order chi connectivity index (χ0) is 21.3. The number of ketones is 1.